The highest BCUT2D eigenvalue weighted by atomic mass is 127. The van der Waals surface area contributed by atoms with E-state index in [9.17, 15) is 4.79 Å². The Morgan fingerprint density at radius 2 is 2.09 bits per heavy atom. The molecule has 0 saturated carbocycles. The fourth-order valence-corrected chi connectivity index (χ4v) is 2.83. The third-order valence-corrected chi connectivity index (χ3v) is 4.13. The highest BCUT2D eigenvalue weighted by Crippen LogP contribution is 2.24. The molecule has 0 aliphatic heterocycles. The molecule has 0 aliphatic rings. The van der Waals surface area contributed by atoms with Crippen LogP contribution in [-0.2, 0) is 4.74 Å². The van der Waals surface area contributed by atoms with Gasteiger partial charge in [-0.25, -0.2) is 4.79 Å². The van der Waals surface area contributed by atoms with Crippen LogP contribution < -0.4 is 4.74 Å². The van der Waals surface area contributed by atoms with Crippen molar-refractivity contribution < 1.29 is 14.3 Å². The van der Waals surface area contributed by atoms with Gasteiger partial charge in [0.25, 0.3) is 0 Å². The topological polar surface area (TPSA) is 47.9 Å². The van der Waals surface area contributed by atoms with Crippen LogP contribution in [0, 0.1) is 3.57 Å². The van der Waals surface area contributed by atoms with Crippen molar-refractivity contribution in [3.63, 3.8) is 0 Å². The van der Waals surface area contributed by atoms with Gasteiger partial charge < -0.3 is 9.47 Å². The van der Waals surface area contributed by atoms with E-state index in [1.165, 1.54) is 7.11 Å². The first-order valence-corrected chi connectivity index (χ1v) is 8.35. The predicted octanol–water partition coefficient (Wildman–Crippen LogP) is 4.88. The number of esters is 1. The summed E-state index contributed by atoms with van der Waals surface area (Å²) in [5.41, 5.74) is 1.93. The standard InChI is InChI=1S/C17H15ClINO3/c1-3-23-16-7-4-11(8-15(16)19)10-20-12-5-6-13(14(18)9-12)17(21)22-2/h4-10H,3H2,1-2H3. The van der Waals surface area contributed by atoms with Crippen molar-refractivity contribution >= 4 is 52.1 Å². The van der Waals surface area contributed by atoms with Crippen molar-refractivity contribution in [3.05, 3.63) is 56.1 Å². The second-order valence-corrected chi connectivity index (χ2v) is 6.11. The molecule has 120 valence electrons. The van der Waals surface area contributed by atoms with Crippen LogP contribution in [0.15, 0.2) is 41.4 Å². The lowest BCUT2D eigenvalue weighted by Gasteiger charge is -2.06. The highest BCUT2D eigenvalue weighted by molar-refractivity contribution is 14.1. The smallest absolute Gasteiger partial charge is 0.339 e. The SMILES string of the molecule is CCOc1ccc(C=Nc2ccc(C(=O)OC)c(Cl)c2)cc1I. The number of benzene rings is 2. The Labute approximate surface area is 153 Å². The molecule has 0 N–H and O–H groups in total. The molecule has 0 fully saturated rings. The summed E-state index contributed by atoms with van der Waals surface area (Å²) in [6, 6.07) is 10.8. The van der Waals surface area contributed by atoms with E-state index in [1.54, 1.807) is 24.4 Å². The minimum atomic E-state index is -0.466. The number of carbonyl (C=O) groups is 1. The molecule has 0 spiro atoms. The fourth-order valence-electron chi connectivity index (χ4n) is 1.88. The van der Waals surface area contributed by atoms with Crippen molar-refractivity contribution in [2.45, 2.75) is 6.92 Å². The van der Waals surface area contributed by atoms with Gasteiger partial charge >= 0.3 is 5.97 Å². The normalized spacial score (nSPS) is 10.8. The summed E-state index contributed by atoms with van der Waals surface area (Å²) in [6.45, 7) is 2.58. The van der Waals surface area contributed by atoms with E-state index in [1.807, 2.05) is 25.1 Å². The van der Waals surface area contributed by atoms with Gasteiger partial charge in [-0.15, -0.1) is 0 Å². The number of hydrogen-bond donors (Lipinski definition) is 0. The number of nitrogens with zero attached hydrogens (tertiary/aromatic N) is 1. The fraction of sp³-hybridized carbons (Fsp3) is 0.176. The summed E-state index contributed by atoms with van der Waals surface area (Å²) in [4.78, 5) is 15.9. The average Bonchev–Trinajstić information content (AvgIpc) is 2.54. The summed E-state index contributed by atoms with van der Waals surface area (Å²) in [6.07, 6.45) is 1.74. The van der Waals surface area contributed by atoms with Gasteiger partial charge in [0.15, 0.2) is 0 Å². The average molecular weight is 444 g/mol. The van der Waals surface area contributed by atoms with Crippen molar-refractivity contribution in [1.29, 1.82) is 0 Å². The molecule has 0 unspecified atom stereocenters. The molecule has 0 aliphatic carbocycles. The first-order valence-electron chi connectivity index (χ1n) is 6.89. The second-order valence-electron chi connectivity index (χ2n) is 4.54. The molecular weight excluding hydrogens is 429 g/mol. The number of methoxy groups -OCH3 is 1. The van der Waals surface area contributed by atoms with Crippen molar-refractivity contribution in [2.75, 3.05) is 13.7 Å². The molecule has 6 heteroatoms. The monoisotopic (exact) mass is 443 g/mol. The Hall–Kier alpha value is -1.60. The first kappa shape index (κ1) is 17.7. The van der Waals surface area contributed by atoms with E-state index < -0.39 is 5.97 Å². The maximum absolute atomic E-state index is 11.5. The Bertz CT molecular complexity index is 747. The molecule has 0 aromatic heterocycles. The lowest BCUT2D eigenvalue weighted by molar-refractivity contribution is 0.0601. The van der Waals surface area contributed by atoms with Crippen molar-refractivity contribution in [2.24, 2.45) is 4.99 Å². The Balaban J connectivity index is 2.18. The lowest BCUT2D eigenvalue weighted by atomic mass is 10.2. The van der Waals surface area contributed by atoms with Gasteiger partial charge in [0.2, 0.25) is 0 Å². The van der Waals surface area contributed by atoms with Crippen LogP contribution in [0.5, 0.6) is 5.75 Å². The van der Waals surface area contributed by atoms with Gasteiger partial charge in [-0.3, -0.25) is 4.99 Å². The number of halogens is 2. The molecule has 0 atom stereocenters. The van der Waals surface area contributed by atoms with Gasteiger partial charge in [-0.2, -0.15) is 0 Å². The van der Waals surface area contributed by atoms with Gasteiger partial charge in [0.05, 0.1) is 33.6 Å². The van der Waals surface area contributed by atoms with E-state index in [0.29, 0.717) is 22.9 Å². The molecule has 0 amide bonds. The second kappa shape index (κ2) is 8.31. The summed E-state index contributed by atoms with van der Waals surface area (Å²) in [5, 5.41) is 0.313. The van der Waals surface area contributed by atoms with E-state index >= 15 is 0 Å². The molecule has 0 saturated heterocycles. The lowest BCUT2D eigenvalue weighted by Crippen LogP contribution is -2.01. The van der Waals surface area contributed by atoms with E-state index in [0.717, 1.165) is 14.9 Å². The van der Waals surface area contributed by atoms with Gasteiger partial charge in [-0.1, -0.05) is 11.6 Å². The number of hydrogen-bond acceptors (Lipinski definition) is 4. The molecule has 0 radical (unpaired) electrons. The van der Waals surface area contributed by atoms with Gasteiger partial charge in [0, 0.05) is 6.21 Å². The molecule has 4 nitrogen and oxygen atoms in total. The zero-order valence-electron chi connectivity index (χ0n) is 12.7. The molecule has 0 bridgehead atoms. The van der Waals surface area contributed by atoms with Crippen LogP contribution in [-0.4, -0.2) is 25.9 Å². The Kier molecular flexibility index (Phi) is 6.41. The number of aliphatic imine (C=N–C) groups is 1. The van der Waals surface area contributed by atoms with Crippen LogP contribution in [0.3, 0.4) is 0 Å². The number of ether oxygens (including phenoxy) is 2. The third-order valence-electron chi connectivity index (χ3n) is 2.98. The predicted molar refractivity (Wildman–Crippen MR) is 100 cm³/mol. The summed E-state index contributed by atoms with van der Waals surface area (Å²) < 4.78 is 11.2. The minimum absolute atomic E-state index is 0.313. The van der Waals surface area contributed by atoms with Crippen LogP contribution in [0.25, 0.3) is 0 Å². The summed E-state index contributed by atoms with van der Waals surface area (Å²) in [7, 11) is 1.32. The highest BCUT2D eigenvalue weighted by Gasteiger charge is 2.10. The van der Waals surface area contributed by atoms with Crippen LogP contribution in [0.1, 0.15) is 22.8 Å². The third kappa shape index (κ3) is 4.68. The quantitative estimate of drug-likeness (QED) is 0.376. The Morgan fingerprint density at radius 3 is 2.70 bits per heavy atom. The number of carbonyl (C=O) groups excluding carboxylic acids is 1. The maximum atomic E-state index is 11.5. The molecule has 2 rings (SSSR count). The van der Waals surface area contributed by atoms with Crippen molar-refractivity contribution in [3.8, 4) is 5.75 Å². The van der Waals surface area contributed by atoms with Gasteiger partial charge in [-0.05, 0) is 71.5 Å². The summed E-state index contributed by atoms with van der Waals surface area (Å²) >= 11 is 8.30. The molecule has 2 aromatic rings. The van der Waals surface area contributed by atoms with Crippen molar-refractivity contribution in [1.82, 2.24) is 0 Å². The maximum Gasteiger partial charge on any atom is 0.339 e. The zero-order chi connectivity index (χ0) is 16.8. The van der Waals surface area contributed by atoms with Crippen LogP contribution >= 0.6 is 34.2 Å². The van der Waals surface area contributed by atoms with E-state index in [2.05, 4.69) is 32.3 Å². The summed E-state index contributed by atoms with van der Waals surface area (Å²) in [5.74, 6) is 0.391. The molecular formula is C17H15ClINO3. The van der Waals surface area contributed by atoms with Crippen LogP contribution in [0.4, 0.5) is 5.69 Å². The van der Waals surface area contributed by atoms with Crippen LogP contribution in [0.2, 0.25) is 5.02 Å². The molecule has 0 heterocycles. The Morgan fingerprint density at radius 1 is 1.30 bits per heavy atom. The minimum Gasteiger partial charge on any atom is -0.493 e. The van der Waals surface area contributed by atoms with E-state index in [4.69, 9.17) is 16.3 Å². The van der Waals surface area contributed by atoms with Gasteiger partial charge in [0.1, 0.15) is 5.75 Å². The zero-order valence-corrected chi connectivity index (χ0v) is 15.6. The number of rotatable bonds is 5. The first-order chi connectivity index (χ1) is 11.0. The van der Waals surface area contributed by atoms with E-state index in [-0.39, 0.29) is 0 Å². The molecule has 2 aromatic carbocycles. The largest absolute Gasteiger partial charge is 0.493 e. The molecule has 23 heavy (non-hydrogen) atoms.